The number of alkyl halides is 1. The third-order valence-corrected chi connectivity index (χ3v) is 3.25. The minimum atomic E-state index is -0.434. The molecule has 0 fully saturated rings. The van der Waals surface area contributed by atoms with E-state index in [9.17, 15) is 5.11 Å². The first kappa shape index (κ1) is 9.95. The second kappa shape index (κ2) is 4.20. The molecule has 0 bridgehead atoms. The minimum Gasteiger partial charge on any atom is -0.387 e. The fraction of sp³-hybridized carbons (Fsp3) is 0.571. The summed E-state index contributed by atoms with van der Waals surface area (Å²) < 4.78 is 0. The van der Waals surface area contributed by atoms with Crippen LogP contribution in [-0.4, -0.2) is 29.5 Å². The summed E-state index contributed by atoms with van der Waals surface area (Å²) in [5.41, 5.74) is 0. The van der Waals surface area contributed by atoms with E-state index in [2.05, 4.69) is 20.9 Å². The standard InChI is InChI=1S/C7H11BrN2OS/c1-10(2)7-9-4-6(12-7)5(11)3-8/h4-5,11H,3H2,1-2H3. The van der Waals surface area contributed by atoms with Gasteiger partial charge in [-0.25, -0.2) is 4.98 Å². The van der Waals surface area contributed by atoms with Crippen molar-refractivity contribution in [1.29, 1.82) is 0 Å². The van der Waals surface area contributed by atoms with Crippen molar-refractivity contribution in [3.8, 4) is 0 Å². The largest absolute Gasteiger partial charge is 0.387 e. The fourth-order valence-corrected chi connectivity index (χ4v) is 2.10. The maximum atomic E-state index is 9.43. The van der Waals surface area contributed by atoms with Gasteiger partial charge in [-0.05, 0) is 0 Å². The Labute approximate surface area is 84.2 Å². The zero-order chi connectivity index (χ0) is 9.14. The molecule has 3 nitrogen and oxygen atoms in total. The van der Waals surface area contributed by atoms with E-state index in [-0.39, 0.29) is 0 Å². The number of halogens is 1. The summed E-state index contributed by atoms with van der Waals surface area (Å²) in [6, 6.07) is 0. The molecule has 0 spiro atoms. The van der Waals surface area contributed by atoms with Crippen molar-refractivity contribution in [2.45, 2.75) is 6.10 Å². The quantitative estimate of drug-likeness (QED) is 0.829. The highest BCUT2D eigenvalue weighted by Gasteiger charge is 2.10. The highest BCUT2D eigenvalue weighted by atomic mass is 79.9. The van der Waals surface area contributed by atoms with Gasteiger partial charge < -0.3 is 10.0 Å². The molecular formula is C7H11BrN2OS. The Morgan fingerprint density at radius 3 is 2.83 bits per heavy atom. The molecule has 1 N–H and O–H groups in total. The predicted octanol–water partition coefficient (Wildman–Crippen LogP) is 1.64. The minimum absolute atomic E-state index is 0.434. The Hall–Kier alpha value is -0.130. The number of anilines is 1. The maximum absolute atomic E-state index is 9.43. The van der Waals surface area contributed by atoms with Crippen molar-refractivity contribution in [2.75, 3.05) is 24.3 Å². The van der Waals surface area contributed by atoms with Gasteiger partial charge in [0.05, 0.1) is 11.0 Å². The third-order valence-electron chi connectivity index (χ3n) is 1.37. The Morgan fingerprint density at radius 1 is 1.75 bits per heavy atom. The smallest absolute Gasteiger partial charge is 0.185 e. The molecule has 1 atom stereocenters. The van der Waals surface area contributed by atoms with Gasteiger partial charge in [0.2, 0.25) is 0 Å². The highest BCUT2D eigenvalue weighted by molar-refractivity contribution is 9.09. The van der Waals surface area contributed by atoms with Crippen LogP contribution in [-0.2, 0) is 0 Å². The highest BCUT2D eigenvalue weighted by Crippen LogP contribution is 2.26. The van der Waals surface area contributed by atoms with E-state index in [1.165, 1.54) is 11.3 Å². The number of hydrogen-bond acceptors (Lipinski definition) is 4. The van der Waals surface area contributed by atoms with Crippen LogP contribution in [0.5, 0.6) is 0 Å². The molecule has 0 aliphatic rings. The SMILES string of the molecule is CN(C)c1ncc(C(O)CBr)s1. The molecule has 12 heavy (non-hydrogen) atoms. The lowest BCUT2D eigenvalue weighted by Crippen LogP contribution is -2.07. The fourth-order valence-electron chi connectivity index (χ4n) is 0.714. The lowest BCUT2D eigenvalue weighted by Gasteiger charge is -2.05. The van der Waals surface area contributed by atoms with Crippen LogP contribution in [0.4, 0.5) is 5.13 Å². The molecule has 68 valence electrons. The van der Waals surface area contributed by atoms with Gasteiger partial charge in [-0.3, -0.25) is 0 Å². The maximum Gasteiger partial charge on any atom is 0.185 e. The van der Waals surface area contributed by atoms with Gasteiger partial charge in [-0.1, -0.05) is 27.3 Å². The van der Waals surface area contributed by atoms with Crippen molar-refractivity contribution in [3.63, 3.8) is 0 Å². The topological polar surface area (TPSA) is 36.4 Å². The van der Waals surface area contributed by atoms with Crippen LogP contribution in [0.3, 0.4) is 0 Å². The summed E-state index contributed by atoms with van der Waals surface area (Å²) in [7, 11) is 3.87. The van der Waals surface area contributed by atoms with Crippen LogP contribution >= 0.6 is 27.3 Å². The Kier molecular flexibility index (Phi) is 3.49. The summed E-state index contributed by atoms with van der Waals surface area (Å²) in [5.74, 6) is 0. The summed E-state index contributed by atoms with van der Waals surface area (Å²) in [5, 5.41) is 10.9. The van der Waals surface area contributed by atoms with Crippen LogP contribution in [0.2, 0.25) is 0 Å². The van der Waals surface area contributed by atoms with Crippen LogP contribution < -0.4 is 4.90 Å². The summed E-state index contributed by atoms with van der Waals surface area (Å²) in [6.07, 6.45) is 1.28. The number of rotatable bonds is 3. The first-order valence-electron chi connectivity index (χ1n) is 3.52. The Bertz CT molecular complexity index is 251. The van der Waals surface area contributed by atoms with Crippen molar-refractivity contribution < 1.29 is 5.11 Å². The van der Waals surface area contributed by atoms with Crippen LogP contribution in [0, 0.1) is 0 Å². The van der Waals surface area contributed by atoms with Crippen molar-refractivity contribution in [1.82, 2.24) is 4.98 Å². The molecule has 0 aliphatic carbocycles. The van der Waals surface area contributed by atoms with Crippen LogP contribution in [0.15, 0.2) is 6.20 Å². The third kappa shape index (κ3) is 2.18. The molecule has 0 radical (unpaired) electrons. The van der Waals surface area contributed by atoms with Gasteiger partial charge in [-0.2, -0.15) is 0 Å². The summed E-state index contributed by atoms with van der Waals surface area (Å²) in [4.78, 5) is 6.97. The van der Waals surface area contributed by atoms with E-state index in [1.807, 2.05) is 19.0 Å². The van der Waals surface area contributed by atoms with Gasteiger partial charge >= 0.3 is 0 Å². The number of aliphatic hydroxyl groups is 1. The molecule has 1 aromatic rings. The lowest BCUT2D eigenvalue weighted by atomic mass is 10.4. The van der Waals surface area contributed by atoms with Crippen molar-refractivity contribution in [2.24, 2.45) is 0 Å². The van der Waals surface area contributed by atoms with Crippen LogP contribution in [0.25, 0.3) is 0 Å². The monoisotopic (exact) mass is 250 g/mol. The van der Waals surface area contributed by atoms with Gasteiger partial charge in [0.25, 0.3) is 0 Å². The van der Waals surface area contributed by atoms with Crippen molar-refractivity contribution in [3.05, 3.63) is 11.1 Å². The molecule has 1 aromatic heterocycles. The van der Waals surface area contributed by atoms with E-state index in [1.54, 1.807) is 6.20 Å². The van der Waals surface area contributed by atoms with E-state index in [4.69, 9.17) is 0 Å². The molecule has 0 saturated heterocycles. The number of aliphatic hydroxyl groups excluding tert-OH is 1. The van der Waals surface area contributed by atoms with E-state index in [0.29, 0.717) is 5.33 Å². The van der Waals surface area contributed by atoms with Gasteiger partial charge in [0, 0.05) is 25.6 Å². The summed E-state index contributed by atoms with van der Waals surface area (Å²) >= 11 is 4.72. The molecule has 1 unspecified atom stereocenters. The molecule has 1 rings (SSSR count). The first-order valence-corrected chi connectivity index (χ1v) is 5.46. The molecule has 0 aliphatic heterocycles. The first-order chi connectivity index (χ1) is 5.65. The second-order valence-electron chi connectivity index (χ2n) is 2.61. The molecule has 0 saturated carbocycles. The molecule has 0 aromatic carbocycles. The van der Waals surface area contributed by atoms with E-state index in [0.717, 1.165) is 10.0 Å². The number of aromatic nitrogens is 1. The number of nitrogens with zero attached hydrogens (tertiary/aromatic N) is 2. The van der Waals surface area contributed by atoms with E-state index < -0.39 is 6.10 Å². The predicted molar refractivity (Wildman–Crippen MR) is 55.2 cm³/mol. The second-order valence-corrected chi connectivity index (χ2v) is 4.30. The van der Waals surface area contributed by atoms with Crippen molar-refractivity contribution >= 4 is 32.4 Å². The van der Waals surface area contributed by atoms with Gasteiger partial charge in [0.1, 0.15) is 0 Å². The molecule has 5 heteroatoms. The number of thiazole rings is 1. The van der Waals surface area contributed by atoms with E-state index >= 15 is 0 Å². The summed E-state index contributed by atoms with van der Waals surface area (Å²) in [6.45, 7) is 0. The molecule has 0 amide bonds. The average molecular weight is 251 g/mol. The Morgan fingerprint density at radius 2 is 2.42 bits per heavy atom. The van der Waals surface area contributed by atoms with Gasteiger partial charge in [-0.15, -0.1) is 0 Å². The lowest BCUT2D eigenvalue weighted by molar-refractivity contribution is 0.209. The zero-order valence-corrected chi connectivity index (χ0v) is 9.39. The molecular weight excluding hydrogens is 240 g/mol. The van der Waals surface area contributed by atoms with Crippen LogP contribution in [0.1, 0.15) is 11.0 Å². The zero-order valence-electron chi connectivity index (χ0n) is 6.99. The average Bonchev–Trinajstić information content (AvgIpc) is 2.51. The normalized spacial score (nSPS) is 13.0. The Balaban J connectivity index is 2.77. The number of hydrogen-bond donors (Lipinski definition) is 1. The molecule has 1 heterocycles. The van der Waals surface area contributed by atoms with Gasteiger partial charge in [0.15, 0.2) is 5.13 Å².